The van der Waals surface area contributed by atoms with Gasteiger partial charge in [-0.15, -0.1) is 0 Å². The molecule has 0 bridgehead atoms. The number of nitrogens with zero attached hydrogens (tertiary/aromatic N) is 3. The summed E-state index contributed by atoms with van der Waals surface area (Å²) in [4.78, 5) is 14.8. The van der Waals surface area contributed by atoms with Crippen molar-refractivity contribution in [1.82, 2.24) is 14.7 Å². The van der Waals surface area contributed by atoms with Gasteiger partial charge >= 0.3 is 0 Å². The van der Waals surface area contributed by atoms with Crippen LogP contribution in [0.1, 0.15) is 35.6 Å². The van der Waals surface area contributed by atoms with E-state index < -0.39 is 0 Å². The molecule has 0 saturated carbocycles. The first-order valence-corrected chi connectivity index (χ1v) is 8.84. The Balaban J connectivity index is 2.23. The standard InChI is InChI=1S/C19H26ClN3O2/c1-14(2)11-16-12-18(22(3)21-16)19(24)23(9-10-25-4)13-15-7-5-6-8-17(15)20/h5-8,12,14H,9-11,13H2,1-4H3. The van der Waals surface area contributed by atoms with Gasteiger partial charge in [0.2, 0.25) is 0 Å². The van der Waals surface area contributed by atoms with E-state index in [2.05, 4.69) is 18.9 Å². The van der Waals surface area contributed by atoms with Crippen LogP contribution >= 0.6 is 11.6 Å². The second kappa shape index (κ2) is 9.02. The number of amides is 1. The lowest BCUT2D eigenvalue weighted by molar-refractivity contribution is 0.0669. The molecule has 2 aromatic rings. The summed E-state index contributed by atoms with van der Waals surface area (Å²) in [6.07, 6.45) is 0.851. The van der Waals surface area contributed by atoms with Gasteiger partial charge in [0.25, 0.3) is 5.91 Å². The number of ether oxygens (including phenoxy) is 1. The number of aromatic nitrogens is 2. The maximum Gasteiger partial charge on any atom is 0.272 e. The highest BCUT2D eigenvalue weighted by Gasteiger charge is 2.21. The zero-order valence-corrected chi connectivity index (χ0v) is 16.1. The molecule has 1 amide bonds. The molecule has 0 atom stereocenters. The molecule has 0 saturated heterocycles. The van der Waals surface area contributed by atoms with E-state index in [1.807, 2.05) is 30.3 Å². The maximum atomic E-state index is 13.1. The van der Waals surface area contributed by atoms with Gasteiger partial charge in [0.1, 0.15) is 5.69 Å². The molecular weight excluding hydrogens is 338 g/mol. The van der Waals surface area contributed by atoms with Gasteiger partial charge in [-0.2, -0.15) is 5.10 Å². The number of halogens is 1. The fourth-order valence-corrected chi connectivity index (χ4v) is 2.89. The highest BCUT2D eigenvalue weighted by atomic mass is 35.5. The second-order valence-corrected chi connectivity index (χ2v) is 6.96. The van der Waals surface area contributed by atoms with E-state index in [0.717, 1.165) is 17.7 Å². The molecule has 0 fully saturated rings. The molecule has 0 unspecified atom stereocenters. The van der Waals surface area contributed by atoms with E-state index in [4.69, 9.17) is 16.3 Å². The molecule has 0 aliphatic rings. The Kier molecular flexibility index (Phi) is 7.02. The topological polar surface area (TPSA) is 47.4 Å². The summed E-state index contributed by atoms with van der Waals surface area (Å²) >= 11 is 6.26. The Hall–Kier alpha value is -1.85. The van der Waals surface area contributed by atoms with Crippen molar-refractivity contribution in [3.63, 3.8) is 0 Å². The van der Waals surface area contributed by atoms with Crippen LogP contribution in [0.3, 0.4) is 0 Å². The lowest BCUT2D eigenvalue weighted by Gasteiger charge is -2.23. The van der Waals surface area contributed by atoms with Gasteiger partial charge < -0.3 is 9.64 Å². The van der Waals surface area contributed by atoms with Crippen LogP contribution in [0.5, 0.6) is 0 Å². The number of hydrogen-bond donors (Lipinski definition) is 0. The molecule has 1 heterocycles. The van der Waals surface area contributed by atoms with Gasteiger partial charge in [0.15, 0.2) is 0 Å². The molecule has 0 spiro atoms. The fourth-order valence-electron chi connectivity index (χ4n) is 2.69. The SMILES string of the molecule is COCCN(Cc1ccccc1Cl)C(=O)c1cc(CC(C)C)nn1C. The Labute approximate surface area is 154 Å². The molecule has 1 aromatic carbocycles. The van der Waals surface area contributed by atoms with Gasteiger partial charge in [-0.05, 0) is 30.0 Å². The molecule has 5 nitrogen and oxygen atoms in total. The van der Waals surface area contributed by atoms with Crippen molar-refractivity contribution in [3.8, 4) is 0 Å². The van der Waals surface area contributed by atoms with Gasteiger partial charge in [-0.25, -0.2) is 0 Å². The van der Waals surface area contributed by atoms with E-state index in [1.165, 1.54) is 0 Å². The Morgan fingerprint density at radius 1 is 1.36 bits per heavy atom. The van der Waals surface area contributed by atoms with E-state index >= 15 is 0 Å². The molecule has 0 N–H and O–H groups in total. The third-order valence-electron chi connectivity index (χ3n) is 3.94. The second-order valence-electron chi connectivity index (χ2n) is 6.55. The zero-order chi connectivity index (χ0) is 18.4. The number of hydrogen-bond acceptors (Lipinski definition) is 3. The Morgan fingerprint density at radius 3 is 2.72 bits per heavy atom. The molecular formula is C19H26ClN3O2. The van der Waals surface area contributed by atoms with Gasteiger partial charge in [-0.3, -0.25) is 9.48 Å². The minimum atomic E-state index is -0.0676. The van der Waals surface area contributed by atoms with Crippen LogP contribution in [0.2, 0.25) is 5.02 Å². The van der Waals surface area contributed by atoms with Crippen LogP contribution < -0.4 is 0 Å². The largest absolute Gasteiger partial charge is 0.383 e. The number of carbonyl (C=O) groups is 1. The summed E-state index contributed by atoms with van der Waals surface area (Å²) in [6.45, 7) is 5.67. The lowest BCUT2D eigenvalue weighted by atomic mass is 10.1. The minimum Gasteiger partial charge on any atom is -0.383 e. The number of rotatable bonds is 8. The van der Waals surface area contributed by atoms with E-state index in [9.17, 15) is 4.79 Å². The molecule has 6 heteroatoms. The van der Waals surface area contributed by atoms with Crippen molar-refractivity contribution in [1.29, 1.82) is 0 Å². The van der Waals surface area contributed by atoms with Crippen LogP contribution in [0, 0.1) is 5.92 Å². The predicted octanol–water partition coefficient (Wildman–Crippen LogP) is 3.56. The highest BCUT2D eigenvalue weighted by Crippen LogP contribution is 2.19. The first-order valence-electron chi connectivity index (χ1n) is 8.47. The van der Waals surface area contributed by atoms with Crippen molar-refractivity contribution in [2.24, 2.45) is 13.0 Å². The van der Waals surface area contributed by atoms with E-state index in [-0.39, 0.29) is 5.91 Å². The molecule has 1 aromatic heterocycles. The Bertz CT molecular complexity index is 712. The average Bonchev–Trinajstić information content (AvgIpc) is 2.92. The normalized spacial score (nSPS) is 11.1. The molecule has 0 radical (unpaired) electrons. The summed E-state index contributed by atoms with van der Waals surface area (Å²) in [7, 11) is 3.43. The van der Waals surface area contributed by atoms with Gasteiger partial charge in [0, 0.05) is 32.3 Å². The quantitative estimate of drug-likeness (QED) is 0.720. The van der Waals surface area contributed by atoms with Crippen LogP contribution in [0.4, 0.5) is 0 Å². The van der Waals surface area contributed by atoms with E-state index in [0.29, 0.717) is 36.3 Å². The number of methoxy groups -OCH3 is 1. The summed E-state index contributed by atoms with van der Waals surface area (Å²) in [5.41, 5.74) is 2.43. The molecule has 25 heavy (non-hydrogen) atoms. The van der Waals surface area contributed by atoms with Crippen molar-refractivity contribution in [2.45, 2.75) is 26.8 Å². The first-order chi connectivity index (χ1) is 11.9. The lowest BCUT2D eigenvalue weighted by Crippen LogP contribution is -2.34. The summed E-state index contributed by atoms with van der Waals surface area (Å²) in [6, 6.07) is 9.45. The van der Waals surface area contributed by atoms with Crippen molar-refractivity contribution < 1.29 is 9.53 Å². The van der Waals surface area contributed by atoms with Crippen LogP contribution in [0.15, 0.2) is 30.3 Å². The highest BCUT2D eigenvalue weighted by molar-refractivity contribution is 6.31. The number of aryl methyl sites for hydroxylation is 1. The minimum absolute atomic E-state index is 0.0676. The summed E-state index contributed by atoms with van der Waals surface area (Å²) in [5.74, 6) is 0.424. The molecule has 0 aliphatic carbocycles. The fraction of sp³-hybridized carbons (Fsp3) is 0.474. The smallest absolute Gasteiger partial charge is 0.272 e. The van der Waals surface area contributed by atoms with E-state index in [1.54, 1.807) is 23.7 Å². The van der Waals surface area contributed by atoms with Crippen LogP contribution in [-0.4, -0.2) is 40.8 Å². The summed E-state index contributed by atoms with van der Waals surface area (Å²) in [5, 5.41) is 5.13. The molecule has 2 rings (SSSR count). The third-order valence-corrected chi connectivity index (χ3v) is 4.31. The third kappa shape index (κ3) is 5.31. The monoisotopic (exact) mass is 363 g/mol. The van der Waals surface area contributed by atoms with Gasteiger partial charge in [0.05, 0.1) is 12.3 Å². The molecule has 136 valence electrons. The van der Waals surface area contributed by atoms with Crippen LogP contribution in [0.25, 0.3) is 0 Å². The average molecular weight is 364 g/mol. The molecule has 0 aliphatic heterocycles. The van der Waals surface area contributed by atoms with Gasteiger partial charge in [-0.1, -0.05) is 43.6 Å². The van der Waals surface area contributed by atoms with Crippen molar-refractivity contribution >= 4 is 17.5 Å². The van der Waals surface area contributed by atoms with Crippen LogP contribution in [-0.2, 0) is 24.8 Å². The predicted molar refractivity (Wildman–Crippen MR) is 99.8 cm³/mol. The first kappa shape index (κ1) is 19.5. The van der Waals surface area contributed by atoms with Crippen molar-refractivity contribution in [3.05, 3.63) is 52.3 Å². The van der Waals surface area contributed by atoms with Crippen molar-refractivity contribution in [2.75, 3.05) is 20.3 Å². The summed E-state index contributed by atoms with van der Waals surface area (Å²) < 4.78 is 6.82. The Morgan fingerprint density at radius 2 is 2.08 bits per heavy atom. The zero-order valence-electron chi connectivity index (χ0n) is 15.3. The number of benzene rings is 1. The number of carbonyl (C=O) groups excluding carboxylic acids is 1. The maximum absolute atomic E-state index is 13.1.